The highest BCUT2D eigenvalue weighted by molar-refractivity contribution is 7.14. The molecule has 2 bridgehead atoms. The largest absolute Gasteiger partial charge is 0.369 e. The molecule has 3 aliphatic rings. The molecule has 0 radical (unpaired) electrons. The topological polar surface area (TPSA) is 32.8 Å². The molecule has 1 aromatic rings. The zero-order chi connectivity index (χ0) is 16.2. The normalized spacial score (nSPS) is 35.3. The van der Waals surface area contributed by atoms with Crippen molar-refractivity contribution < 1.29 is 9.53 Å². The lowest BCUT2D eigenvalue weighted by Gasteiger charge is -2.30. The van der Waals surface area contributed by atoms with Crippen LogP contribution in [0.1, 0.15) is 34.3 Å². The Hall–Kier alpha value is -0.910. The number of carbonyl (C=O) groups is 1. The van der Waals surface area contributed by atoms with Gasteiger partial charge in [0.15, 0.2) is 0 Å². The summed E-state index contributed by atoms with van der Waals surface area (Å²) >= 11 is 1.64. The first kappa shape index (κ1) is 15.6. The van der Waals surface area contributed by atoms with E-state index in [9.17, 15) is 4.79 Å². The minimum atomic E-state index is -0.0498. The molecule has 4 heterocycles. The Kier molecular flexibility index (Phi) is 3.78. The molecule has 126 valence electrons. The van der Waals surface area contributed by atoms with Gasteiger partial charge in [0.2, 0.25) is 0 Å². The maximum Gasteiger partial charge on any atom is 0.264 e. The number of thiophene rings is 1. The van der Waals surface area contributed by atoms with Crippen molar-refractivity contribution in [3.8, 4) is 0 Å². The fraction of sp³-hybridized carbons (Fsp3) is 0.722. The summed E-state index contributed by atoms with van der Waals surface area (Å²) in [6.45, 7) is 4.86. The van der Waals surface area contributed by atoms with E-state index in [4.69, 9.17) is 4.74 Å². The van der Waals surface area contributed by atoms with Crippen LogP contribution >= 0.6 is 11.3 Å². The van der Waals surface area contributed by atoms with Gasteiger partial charge in [-0.2, -0.15) is 0 Å². The lowest BCUT2D eigenvalue weighted by molar-refractivity contribution is 0.00261. The lowest BCUT2D eigenvalue weighted by atomic mass is 9.73. The Morgan fingerprint density at radius 2 is 2.30 bits per heavy atom. The molecule has 0 aromatic carbocycles. The van der Waals surface area contributed by atoms with Crippen LogP contribution in [-0.4, -0.2) is 61.1 Å². The molecule has 0 saturated carbocycles. The first-order chi connectivity index (χ1) is 11.0. The van der Waals surface area contributed by atoms with Crippen LogP contribution in [-0.2, 0) is 11.2 Å². The predicted molar refractivity (Wildman–Crippen MR) is 92.0 cm³/mol. The summed E-state index contributed by atoms with van der Waals surface area (Å²) in [4.78, 5) is 19.4. The van der Waals surface area contributed by atoms with Crippen molar-refractivity contribution in [3.63, 3.8) is 0 Å². The van der Waals surface area contributed by atoms with Gasteiger partial charge in [-0.25, -0.2) is 0 Å². The van der Waals surface area contributed by atoms with Crippen LogP contribution in [0.4, 0.5) is 0 Å². The van der Waals surface area contributed by atoms with Gasteiger partial charge in [0, 0.05) is 29.8 Å². The molecule has 1 aromatic heterocycles. The zero-order valence-corrected chi connectivity index (χ0v) is 15.1. The summed E-state index contributed by atoms with van der Waals surface area (Å²) in [6.07, 6.45) is 3.70. The van der Waals surface area contributed by atoms with Gasteiger partial charge in [0.1, 0.15) is 0 Å². The van der Waals surface area contributed by atoms with Crippen molar-refractivity contribution >= 4 is 17.2 Å². The summed E-state index contributed by atoms with van der Waals surface area (Å²) in [6, 6.07) is 4.08. The van der Waals surface area contributed by atoms with Crippen molar-refractivity contribution in [2.24, 2.45) is 11.8 Å². The molecular formula is C18H26N2O2S. The van der Waals surface area contributed by atoms with E-state index in [0.717, 1.165) is 43.8 Å². The molecule has 3 fully saturated rings. The van der Waals surface area contributed by atoms with Crippen molar-refractivity contribution in [2.45, 2.75) is 37.9 Å². The molecule has 0 N–H and O–H groups in total. The van der Waals surface area contributed by atoms with E-state index in [1.807, 2.05) is 6.07 Å². The van der Waals surface area contributed by atoms with Gasteiger partial charge in [0.25, 0.3) is 5.91 Å². The Morgan fingerprint density at radius 3 is 3.00 bits per heavy atom. The van der Waals surface area contributed by atoms with E-state index >= 15 is 0 Å². The summed E-state index contributed by atoms with van der Waals surface area (Å²) in [5, 5.41) is 0. The molecule has 23 heavy (non-hydrogen) atoms. The maximum atomic E-state index is 12.9. The average molecular weight is 334 g/mol. The number of carbonyl (C=O) groups excluding carboxylic acids is 1. The minimum Gasteiger partial charge on any atom is -0.369 e. The highest BCUT2D eigenvalue weighted by Gasteiger charge is 2.63. The number of amides is 1. The second kappa shape index (κ2) is 5.57. The number of fused-ring (bicyclic) bond motifs is 1. The molecular weight excluding hydrogens is 308 g/mol. The van der Waals surface area contributed by atoms with Gasteiger partial charge in [0.05, 0.1) is 23.1 Å². The van der Waals surface area contributed by atoms with Gasteiger partial charge >= 0.3 is 0 Å². The Labute approximate surface area is 142 Å². The van der Waals surface area contributed by atoms with Gasteiger partial charge in [-0.3, -0.25) is 4.79 Å². The van der Waals surface area contributed by atoms with Crippen molar-refractivity contribution in [2.75, 3.05) is 33.7 Å². The van der Waals surface area contributed by atoms with E-state index in [0.29, 0.717) is 17.9 Å². The number of nitrogens with zero attached hydrogens (tertiary/aromatic N) is 2. The summed E-state index contributed by atoms with van der Waals surface area (Å²) in [7, 11) is 4.27. The van der Waals surface area contributed by atoms with Crippen LogP contribution in [0.15, 0.2) is 12.1 Å². The third kappa shape index (κ3) is 2.44. The van der Waals surface area contributed by atoms with Crippen LogP contribution in [0.3, 0.4) is 0 Å². The van der Waals surface area contributed by atoms with Gasteiger partial charge < -0.3 is 14.5 Å². The number of likely N-dealkylation sites (tertiary alicyclic amines) is 1. The summed E-state index contributed by atoms with van der Waals surface area (Å²) < 4.78 is 6.42. The monoisotopic (exact) mass is 334 g/mol. The number of hydrogen-bond donors (Lipinski definition) is 0. The molecule has 3 aliphatic heterocycles. The quantitative estimate of drug-likeness (QED) is 0.848. The third-order valence-corrected chi connectivity index (χ3v) is 7.09. The standard InChI is InChI=1S/C18H26N2O2S/c1-4-12-5-6-16(23-12)17(21)20-10-14-13(9-19(2)3)15-7-8-18(14,11-20)22-15/h5-6,13-15H,4,7-11H2,1-3H3/t13-,14+,15+,18+/m0/s1. The lowest BCUT2D eigenvalue weighted by Crippen LogP contribution is -2.40. The number of hydrogen-bond acceptors (Lipinski definition) is 4. The Morgan fingerprint density at radius 1 is 1.48 bits per heavy atom. The molecule has 1 spiro atoms. The fourth-order valence-corrected chi connectivity index (χ4v) is 5.77. The van der Waals surface area contributed by atoms with E-state index in [1.165, 1.54) is 4.88 Å². The highest BCUT2D eigenvalue weighted by atomic mass is 32.1. The van der Waals surface area contributed by atoms with Crippen molar-refractivity contribution in [3.05, 3.63) is 21.9 Å². The molecule has 1 amide bonds. The molecule has 0 unspecified atom stereocenters. The predicted octanol–water partition coefficient (Wildman–Crippen LogP) is 2.49. The van der Waals surface area contributed by atoms with Gasteiger partial charge in [-0.05, 0) is 45.5 Å². The summed E-state index contributed by atoms with van der Waals surface area (Å²) in [5.41, 5.74) is -0.0498. The highest BCUT2D eigenvalue weighted by Crippen LogP contribution is 2.55. The Balaban J connectivity index is 1.52. The van der Waals surface area contributed by atoms with Crippen molar-refractivity contribution in [1.82, 2.24) is 9.80 Å². The number of aryl methyl sites for hydroxylation is 1. The van der Waals surface area contributed by atoms with Crippen LogP contribution in [0.2, 0.25) is 0 Å². The van der Waals surface area contributed by atoms with E-state index in [2.05, 4.69) is 36.9 Å². The number of rotatable bonds is 4. The molecule has 5 heteroatoms. The van der Waals surface area contributed by atoms with Crippen LogP contribution in [0.25, 0.3) is 0 Å². The van der Waals surface area contributed by atoms with Gasteiger partial charge in [-0.1, -0.05) is 6.92 Å². The van der Waals surface area contributed by atoms with Crippen LogP contribution in [0.5, 0.6) is 0 Å². The second-order valence-corrected chi connectivity index (χ2v) is 8.77. The van der Waals surface area contributed by atoms with E-state index < -0.39 is 0 Å². The second-order valence-electron chi connectivity index (χ2n) is 7.60. The van der Waals surface area contributed by atoms with E-state index in [-0.39, 0.29) is 11.5 Å². The SMILES string of the molecule is CCc1ccc(C(=O)N2C[C@@H]3[C@H](CN(C)C)[C@H]4CC[C@]3(C2)O4)s1. The first-order valence-corrected chi connectivity index (χ1v) is 9.54. The minimum absolute atomic E-state index is 0.0498. The van der Waals surface area contributed by atoms with Crippen molar-refractivity contribution in [1.29, 1.82) is 0 Å². The molecule has 4 rings (SSSR count). The molecule has 3 saturated heterocycles. The summed E-state index contributed by atoms with van der Waals surface area (Å²) in [5.74, 6) is 1.29. The van der Waals surface area contributed by atoms with Gasteiger partial charge in [-0.15, -0.1) is 11.3 Å². The molecule has 4 nitrogen and oxygen atoms in total. The average Bonchev–Trinajstić information content (AvgIpc) is 3.26. The zero-order valence-electron chi connectivity index (χ0n) is 14.2. The third-order valence-electron chi connectivity index (χ3n) is 5.87. The number of ether oxygens (including phenoxy) is 1. The van der Waals surface area contributed by atoms with Crippen LogP contribution < -0.4 is 0 Å². The first-order valence-electron chi connectivity index (χ1n) is 8.73. The maximum absolute atomic E-state index is 12.9. The molecule has 4 atom stereocenters. The van der Waals surface area contributed by atoms with Crippen LogP contribution in [0, 0.1) is 11.8 Å². The fourth-order valence-electron chi connectivity index (χ4n) is 4.85. The van der Waals surface area contributed by atoms with E-state index in [1.54, 1.807) is 11.3 Å². The molecule has 0 aliphatic carbocycles. The smallest absolute Gasteiger partial charge is 0.264 e. The Bertz CT molecular complexity index is 614.